The first-order valence-electron chi connectivity index (χ1n) is 5.54. The number of rotatable bonds is 2. The van der Waals surface area contributed by atoms with Crippen LogP contribution >= 0.6 is 11.6 Å². The number of hydrogen-bond donors (Lipinski definition) is 1. The van der Waals surface area contributed by atoms with Crippen molar-refractivity contribution in [1.29, 1.82) is 0 Å². The highest BCUT2D eigenvalue weighted by atomic mass is 35.5. The molecule has 0 unspecified atom stereocenters. The monoisotopic (exact) mass is 275 g/mol. The van der Waals surface area contributed by atoms with Crippen molar-refractivity contribution in [3.05, 3.63) is 41.4 Å². The fourth-order valence-corrected chi connectivity index (χ4v) is 1.85. The van der Waals surface area contributed by atoms with Crippen molar-refractivity contribution < 1.29 is 4.74 Å². The van der Waals surface area contributed by atoms with Gasteiger partial charge in [-0.15, -0.1) is 10.2 Å². The second-order valence-corrected chi connectivity index (χ2v) is 4.37. The Morgan fingerprint density at radius 1 is 1.32 bits per heavy atom. The predicted octanol–water partition coefficient (Wildman–Crippen LogP) is 2.46. The van der Waals surface area contributed by atoms with Crippen LogP contribution in [0.15, 0.2) is 30.6 Å². The summed E-state index contributed by atoms with van der Waals surface area (Å²) in [5.74, 6) is 1.51. The molecule has 0 spiro atoms. The van der Waals surface area contributed by atoms with E-state index in [4.69, 9.17) is 22.1 Å². The number of fused-ring (bicyclic) bond motifs is 1. The summed E-state index contributed by atoms with van der Waals surface area (Å²) in [7, 11) is 0. The van der Waals surface area contributed by atoms with E-state index >= 15 is 0 Å². The zero-order chi connectivity index (χ0) is 13.4. The van der Waals surface area contributed by atoms with Gasteiger partial charge in [-0.05, 0) is 19.1 Å². The first kappa shape index (κ1) is 11.7. The van der Waals surface area contributed by atoms with Crippen LogP contribution in [0.25, 0.3) is 5.65 Å². The highest BCUT2D eigenvalue weighted by Crippen LogP contribution is 2.31. The molecule has 19 heavy (non-hydrogen) atoms. The Balaban J connectivity index is 2.08. The normalized spacial score (nSPS) is 10.8. The molecule has 2 heterocycles. The Morgan fingerprint density at radius 2 is 2.16 bits per heavy atom. The van der Waals surface area contributed by atoms with Gasteiger partial charge in [-0.25, -0.2) is 4.98 Å². The SMILES string of the molecule is Cc1nnc2c(Oc3cc(N)ccc3Cl)nccn12. The van der Waals surface area contributed by atoms with Gasteiger partial charge >= 0.3 is 0 Å². The molecule has 0 aliphatic rings. The molecule has 6 nitrogen and oxygen atoms in total. The van der Waals surface area contributed by atoms with E-state index in [1.54, 1.807) is 35.0 Å². The van der Waals surface area contributed by atoms with Gasteiger partial charge in [0.05, 0.1) is 5.02 Å². The summed E-state index contributed by atoms with van der Waals surface area (Å²) in [5, 5.41) is 8.44. The van der Waals surface area contributed by atoms with Gasteiger partial charge in [0.25, 0.3) is 5.88 Å². The molecule has 2 aromatic heterocycles. The van der Waals surface area contributed by atoms with Crippen molar-refractivity contribution in [3.63, 3.8) is 0 Å². The van der Waals surface area contributed by atoms with Gasteiger partial charge in [-0.2, -0.15) is 0 Å². The van der Waals surface area contributed by atoms with Crippen molar-refractivity contribution in [2.24, 2.45) is 0 Å². The summed E-state index contributed by atoms with van der Waals surface area (Å²) in [6.07, 6.45) is 3.37. The zero-order valence-electron chi connectivity index (χ0n) is 10.0. The van der Waals surface area contributed by atoms with Crippen LogP contribution in [-0.2, 0) is 0 Å². The van der Waals surface area contributed by atoms with Crippen molar-refractivity contribution in [2.45, 2.75) is 6.92 Å². The smallest absolute Gasteiger partial charge is 0.265 e. The fourth-order valence-electron chi connectivity index (χ4n) is 1.69. The fraction of sp³-hybridized carbons (Fsp3) is 0.0833. The molecule has 96 valence electrons. The lowest BCUT2D eigenvalue weighted by atomic mass is 10.3. The van der Waals surface area contributed by atoms with Crippen molar-refractivity contribution in [3.8, 4) is 11.6 Å². The van der Waals surface area contributed by atoms with E-state index < -0.39 is 0 Å². The number of halogens is 1. The summed E-state index contributed by atoms with van der Waals surface area (Å²) in [6.45, 7) is 1.84. The molecule has 3 rings (SSSR count). The van der Waals surface area contributed by atoms with Crippen LogP contribution in [0, 0.1) is 6.92 Å². The molecule has 2 N–H and O–H groups in total. The highest BCUT2D eigenvalue weighted by molar-refractivity contribution is 6.32. The molecule has 0 saturated carbocycles. The van der Waals surface area contributed by atoms with Crippen molar-refractivity contribution >= 4 is 22.9 Å². The van der Waals surface area contributed by atoms with E-state index in [1.807, 2.05) is 6.92 Å². The second-order valence-electron chi connectivity index (χ2n) is 3.97. The predicted molar refractivity (Wildman–Crippen MR) is 71.5 cm³/mol. The van der Waals surface area contributed by atoms with Crippen LogP contribution in [0.5, 0.6) is 11.6 Å². The number of nitrogens with two attached hydrogens (primary N) is 1. The zero-order valence-corrected chi connectivity index (χ0v) is 10.8. The second kappa shape index (κ2) is 4.40. The average Bonchev–Trinajstić information content (AvgIpc) is 2.77. The molecule has 0 aliphatic heterocycles. The summed E-state index contributed by atoms with van der Waals surface area (Å²) in [4.78, 5) is 4.14. The minimum atomic E-state index is 0.329. The Hall–Kier alpha value is -2.34. The summed E-state index contributed by atoms with van der Waals surface area (Å²) in [5.41, 5.74) is 6.79. The number of benzene rings is 1. The van der Waals surface area contributed by atoms with Gasteiger partial charge in [0, 0.05) is 24.1 Å². The van der Waals surface area contributed by atoms with Crippen LogP contribution < -0.4 is 10.5 Å². The Morgan fingerprint density at radius 3 is 3.00 bits per heavy atom. The Kier molecular flexibility index (Phi) is 2.72. The third-order valence-corrected chi connectivity index (χ3v) is 2.94. The summed E-state index contributed by atoms with van der Waals surface area (Å²) in [6, 6.07) is 5.00. The molecule has 0 saturated heterocycles. The minimum absolute atomic E-state index is 0.329. The Bertz CT molecular complexity index is 755. The molecular formula is C12H10ClN5O. The first-order chi connectivity index (χ1) is 9.15. The van der Waals surface area contributed by atoms with Crippen LogP contribution in [0.4, 0.5) is 5.69 Å². The van der Waals surface area contributed by atoms with E-state index in [2.05, 4.69) is 15.2 Å². The lowest BCUT2D eigenvalue weighted by Crippen LogP contribution is -1.95. The number of hydrogen-bond acceptors (Lipinski definition) is 5. The third kappa shape index (κ3) is 2.06. The maximum Gasteiger partial charge on any atom is 0.265 e. The van der Waals surface area contributed by atoms with E-state index in [9.17, 15) is 0 Å². The van der Waals surface area contributed by atoms with Crippen LogP contribution in [0.1, 0.15) is 5.82 Å². The van der Waals surface area contributed by atoms with Gasteiger partial charge in [0.1, 0.15) is 11.6 Å². The molecule has 7 heteroatoms. The van der Waals surface area contributed by atoms with Crippen molar-refractivity contribution in [2.75, 3.05) is 5.73 Å². The van der Waals surface area contributed by atoms with Crippen LogP contribution in [-0.4, -0.2) is 19.6 Å². The number of ether oxygens (including phenoxy) is 1. The molecule has 0 atom stereocenters. The maximum atomic E-state index is 6.05. The van der Waals surface area contributed by atoms with Gasteiger partial charge in [-0.3, -0.25) is 4.40 Å². The largest absolute Gasteiger partial charge is 0.434 e. The van der Waals surface area contributed by atoms with Crippen molar-refractivity contribution in [1.82, 2.24) is 19.6 Å². The molecule has 0 radical (unpaired) electrons. The van der Waals surface area contributed by atoms with E-state index in [0.717, 1.165) is 5.82 Å². The average molecular weight is 276 g/mol. The molecule has 0 aliphatic carbocycles. The first-order valence-corrected chi connectivity index (χ1v) is 5.92. The molecular weight excluding hydrogens is 266 g/mol. The number of anilines is 1. The number of aryl methyl sites for hydroxylation is 1. The Labute approximate surface area is 113 Å². The van der Waals surface area contributed by atoms with Crippen LogP contribution in [0.2, 0.25) is 5.02 Å². The lowest BCUT2D eigenvalue weighted by molar-refractivity contribution is 0.465. The van der Waals surface area contributed by atoms with Gasteiger partial charge in [-0.1, -0.05) is 11.6 Å². The number of aromatic nitrogens is 4. The lowest BCUT2D eigenvalue weighted by Gasteiger charge is -2.07. The van der Waals surface area contributed by atoms with Gasteiger partial charge in [0.2, 0.25) is 5.65 Å². The van der Waals surface area contributed by atoms with E-state index in [0.29, 0.717) is 28.0 Å². The summed E-state index contributed by atoms with van der Waals surface area (Å²) < 4.78 is 7.45. The molecule has 0 bridgehead atoms. The van der Waals surface area contributed by atoms with Gasteiger partial charge < -0.3 is 10.5 Å². The topological polar surface area (TPSA) is 78.3 Å². The summed E-state index contributed by atoms with van der Waals surface area (Å²) >= 11 is 6.05. The number of nitrogen functional groups attached to an aromatic ring is 1. The molecule has 0 fully saturated rings. The minimum Gasteiger partial charge on any atom is -0.434 e. The quantitative estimate of drug-likeness (QED) is 0.727. The highest BCUT2D eigenvalue weighted by Gasteiger charge is 2.11. The molecule has 0 amide bonds. The number of nitrogens with zero attached hydrogens (tertiary/aromatic N) is 4. The van der Waals surface area contributed by atoms with E-state index in [1.165, 1.54) is 0 Å². The third-order valence-electron chi connectivity index (χ3n) is 2.63. The van der Waals surface area contributed by atoms with Gasteiger partial charge in [0.15, 0.2) is 0 Å². The maximum absolute atomic E-state index is 6.05. The molecule has 3 aromatic rings. The standard InChI is InChI=1S/C12H10ClN5O/c1-7-16-17-11-12(15-4-5-18(7)11)19-10-6-8(14)2-3-9(10)13/h2-6H,14H2,1H3. The van der Waals surface area contributed by atoms with Crippen LogP contribution in [0.3, 0.4) is 0 Å². The van der Waals surface area contributed by atoms with E-state index in [-0.39, 0.29) is 0 Å². The molecule has 1 aromatic carbocycles.